The minimum atomic E-state index is -0.0788. The number of ether oxygens (including phenoxy) is 1. The topological polar surface area (TPSA) is 72.3 Å². The van der Waals surface area contributed by atoms with Crippen molar-refractivity contribution in [1.29, 1.82) is 0 Å². The van der Waals surface area contributed by atoms with E-state index < -0.39 is 0 Å². The molecule has 4 heterocycles. The van der Waals surface area contributed by atoms with E-state index in [0.717, 1.165) is 46.1 Å². The number of hydrogen-bond acceptors (Lipinski definition) is 6. The van der Waals surface area contributed by atoms with E-state index in [0.29, 0.717) is 24.6 Å². The maximum absolute atomic E-state index is 12.9. The predicted molar refractivity (Wildman–Crippen MR) is 122 cm³/mol. The molecule has 1 aliphatic heterocycles. The van der Waals surface area contributed by atoms with Crippen molar-refractivity contribution in [2.24, 2.45) is 0 Å². The van der Waals surface area contributed by atoms with Gasteiger partial charge in [-0.05, 0) is 42.8 Å². The molecular formula is C23H23N5O2S. The summed E-state index contributed by atoms with van der Waals surface area (Å²) in [7, 11) is 0. The molecule has 1 saturated heterocycles. The second kappa shape index (κ2) is 8.49. The van der Waals surface area contributed by atoms with E-state index >= 15 is 0 Å². The first kappa shape index (κ1) is 19.7. The molecule has 8 heteroatoms. The average Bonchev–Trinajstić information content (AvgIpc) is 3.39. The molecule has 1 amide bonds. The fourth-order valence-corrected chi connectivity index (χ4v) is 4.81. The van der Waals surface area contributed by atoms with Gasteiger partial charge >= 0.3 is 0 Å². The number of aromatic nitrogens is 3. The third-order valence-electron chi connectivity index (χ3n) is 5.37. The number of nitrogens with zero attached hydrogens (tertiary/aromatic N) is 4. The van der Waals surface area contributed by atoms with Gasteiger partial charge in [-0.2, -0.15) is 5.10 Å². The molecule has 0 saturated carbocycles. The van der Waals surface area contributed by atoms with E-state index in [1.54, 1.807) is 6.20 Å². The minimum absolute atomic E-state index is 0.0788. The molecule has 0 atom stereocenters. The number of pyridine rings is 1. The van der Waals surface area contributed by atoms with Crippen LogP contribution in [-0.4, -0.2) is 47.0 Å². The molecule has 0 radical (unpaired) electrons. The molecule has 1 aliphatic rings. The standard InChI is InChI=1S/C23H23N5O2S/c1-16-19-14-20(31-23(19)28(26-16)18-5-3-2-4-6-18)22(29)25-15-17-7-8-24-21(13-17)27-9-11-30-12-10-27/h2-8,13-14H,9-12,15H2,1H3,(H,25,29). The Kier molecular flexibility index (Phi) is 5.40. The van der Waals surface area contributed by atoms with Crippen LogP contribution in [0.2, 0.25) is 0 Å². The summed E-state index contributed by atoms with van der Waals surface area (Å²) in [6, 6.07) is 15.9. The number of thiophene rings is 1. The summed E-state index contributed by atoms with van der Waals surface area (Å²) in [4.78, 5) is 21.2. The van der Waals surface area contributed by atoms with Crippen LogP contribution in [0.3, 0.4) is 0 Å². The fraction of sp³-hybridized carbons (Fsp3) is 0.261. The maximum Gasteiger partial charge on any atom is 0.261 e. The van der Waals surface area contributed by atoms with Gasteiger partial charge in [-0.1, -0.05) is 18.2 Å². The number of nitrogens with one attached hydrogen (secondary N) is 1. The first-order valence-corrected chi connectivity index (χ1v) is 11.1. The van der Waals surface area contributed by atoms with Crippen LogP contribution in [0.4, 0.5) is 5.82 Å². The number of carbonyl (C=O) groups is 1. The van der Waals surface area contributed by atoms with Crippen LogP contribution in [-0.2, 0) is 11.3 Å². The van der Waals surface area contributed by atoms with Crippen LogP contribution >= 0.6 is 11.3 Å². The molecule has 1 fully saturated rings. The molecule has 0 bridgehead atoms. The van der Waals surface area contributed by atoms with E-state index in [1.165, 1.54) is 11.3 Å². The zero-order valence-corrected chi connectivity index (χ0v) is 18.1. The summed E-state index contributed by atoms with van der Waals surface area (Å²) in [6.45, 7) is 5.53. The van der Waals surface area contributed by atoms with Crippen LogP contribution in [0, 0.1) is 6.92 Å². The van der Waals surface area contributed by atoms with Crippen molar-refractivity contribution in [3.8, 4) is 5.69 Å². The molecule has 1 N–H and O–H groups in total. The lowest BCUT2D eigenvalue weighted by Crippen LogP contribution is -2.36. The lowest BCUT2D eigenvalue weighted by Gasteiger charge is -2.28. The van der Waals surface area contributed by atoms with Crippen molar-refractivity contribution >= 4 is 33.3 Å². The summed E-state index contributed by atoms with van der Waals surface area (Å²) in [5, 5.41) is 8.70. The Morgan fingerprint density at radius 2 is 1.97 bits per heavy atom. The summed E-state index contributed by atoms with van der Waals surface area (Å²) in [6.07, 6.45) is 1.80. The highest BCUT2D eigenvalue weighted by atomic mass is 32.1. The zero-order chi connectivity index (χ0) is 21.2. The number of fused-ring (bicyclic) bond motifs is 1. The Hall–Kier alpha value is -3.23. The molecule has 5 rings (SSSR count). The largest absolute Gasteiger partial charge is 0.378 e. The Bertz CT molecular complexity index is 1210. The van der Waals surface area contributed by atoms with Crippen LogP contribution in [0.25, 0.3) is 15.9 Å². The van der Waals surface area contributed by atoms with Gasteiger partial charge in [0.25, 0.3) is 5.91 Å². The third-order valence-corrected chi connectivity index (χ3v) is 6.48. The normalized spacial score (nSPS) is 14.2. The van der Waals surface area contributed by atoms with Gasteiger partial charge in [0.15, 0.2) is 0 Å². The lowest BCUT2D eigenvalue weighted by atomic mass is 10.2. The van der Waals surface area contributed by atoms with E-state index in [1.807, 2.05) is 60.1 Å². The maximum atomic E-state index is 12.9. The number of aryl methyl sites for hydroxylation is 1. The van der Waals surface area contributed by atoms with E-state index in [-0.39, 0.29) is 5.91 Å². The Morgan fingerprint density at radius 1 is 1.16 bits per heavy atom. The second-order valence-electron chi connectivity index (χ2n) is 7.47. The monoisotopic (exact) mass is 433 g/mol. The number of morpholine rings is 1. The van der Waals surface area contributed by atoms with Crippen LogP contribution in [0.15, 0.2) is 54.7 Å². The molecule has 3 aromatic heterocycles. The van der Waals surface area contributed by atoms with Gasteiger partial charge in [0.1, 0.15) is 10.6 Å². The number of carbonyl (C=O) groups excluding carboxylic acids is 1. The van der Waals surface area contributed by atoms with Crippen molar-refractivity contribution < 1.29 is 9.53 Å². The number of para-hydroxylation sites is 1. The van der Waals surface area contributed by atoms with Crippen LogP contribution in [0.5, 0.6) is 0 Å². The van der Waals surface area contributed by atoms with Crippen molar-refractivity contribution in [3.05, 3.63) is 70.9 Å². The van der Waals surface area contributed by atoms with Gasteiger partial charge < -0.3 is 15.0 Å². The van der Waals surface area contributed by atoms with Gasteiger partial charge in [0.05, 0.1) is 29.5 Å². The third kappa shape index (κ3) is 4.04. The lowest BCUT2D eigenvalue weighted by molar-refractivity contribution is 0.0955. The summed E-state index contributed by atoms with van der Waals surface area (Å²) < 4.78 is 7.32. The highest BCUT2D eigenvalue weighted by Gasteiger charge is 2.17. The number of amides is 1. The Morgan fingerprint density at radius 3 is 2.77 bits per heavy atom. The van der Waals surface area contributed by atoms with Crippen molar-refractivity contribution in [1.82, 2.24) is 20.1 Å². The first-order valence-electron chi connectivity index (χ1n) is 10.3. The average molecular weight is 434 g/mol. The summed E-state index contributed by atoms with van der Waals surface area (Å²) in [5.41, 5.74) is 2.93. The zero-order valence-electron chi connectivity index (χ0n) is 17.2. The molecule has 0 spiro atoms. The first-order chi connectivity index (χ1) is 15.2. The highest BCUT2D eigenvalue weighted by molar-refractivity contribution is 7.20. The molecule has 7 nitrogen and oxygen atoms in total. The van der Waals surface area contributed by atoms with Crippen molar-refractivity contribution in [2.75, 3.05) is 31.2 Å². The van der Waals surface area contributed by atoms with E-state index in [9.17, 15) is 4.79 Å². The van der Waals surface area contributed by atoms with E-state index in [4.69, 9.17) is 4.74 Å². The van der Waals surface area contributed by atoms with Gasteiger partial charge in [-0.3, -0.25) is 4.79 Å². The van der Waals surface area contributed by atoms with Gasteiger partial charge in [0.2, 0.25) is 0 Å². The summed E-state index contributed by atoms with van der Waals surface area (Å²) >= 11 is 1.46. The molecule has 0 aliphatic carbocycles. The molecule has 4 aromatic rings. The SMILES string of the molecule is Cc1nn(-c2ccccc2)c2sc(C(=O)NCc3ccnc(N4CCOCC4)c3)cc12. The Balaban J connectivity index is 1.32. The number of anilines is 1. The molecule has 0 unspecified atom stereocenters. The van der Waals surface area contributed by atoms with Gasteiger partial charge in [-0.25, -0.2) is 9.67 Å². The van der Waals surface area contributed by atoms with Gasteiger partial charge in [0, 0.05) is 31.2 Å². The van der Waals surface area contributed by atoms with Crippen molar-refractivity contribution in [3.63, 3.8) is 0 Å². The molecule has 31 heavy (non-hydrogen) atoms. The Labute approximate surface area is 184 Å². The van der Waals surface area contributed by atoms with Crippen LogP contribution < -0.4 is 10.2 Å². The second-order valence-corrected chi connectivity index (χ2v) is 8.50. The summed E-state index contributed by atoms with van der Waals surface area (Å²) in [5.74, 6) is 0.848. The fourth-order valence-electron chi connectivity index (χ4n) is 3.71. The van der Waals surface area contributed by atoms with Crippen molar-refractivity contribution in [2.45, 2.75) is 13.5 Å². The molecule has 158 valence electrons. The number of hydrogen-bond donors (Lipinski definition) is 1. The molecule has 1 aromatic carbocycles. The predicted octanol–water partition coefficient (Wildman–Crippen LogP) is 3.56. The smallest absolute Gasteiger partial charge is 0.261 e. The van der Waals surface area contributed by atoms with E-state index in [2.05, 4.69) is 20.3 Å². The number of benzene rings is 1. The molecular weight excluding hydrogens is 410 g/mol. The minimum Gasteiger partial charge on any atom is -0.378 e. The highest BCUT2D eigenvalue weighted by Crippen LogP contribution is 2.30. The van der Waals surface area contributed by atoms with Gasteiger partial charge in [-0.15, -0.1) is 11.3 Å². The number of rotatable bonds is 5. The van der Waals surface area contributed by atoms with Crippen LogP contribution in [0.1, 0.15) is 20.9 Å². The quantitative estimate of drug-likeness (QED) is 0.521.